The van der Waals surface area contributed by atoms with E-state index in [1.165, 1.54) is 36.9 Å². The molecule has 1 atom stereocenters. The molecule has 2 fully saturated rings. The molecule has 5 nitrogen and oxygen atoms in total. The second kappa shape index (κ2) is 5.85. The number of piperidine rings is 1. The van der Waals surface area contributed by atoms with Crippen LogP contribution in [0.15, 0.2) is 15.5 Å². The fraction of sp³-hybridized carbons (Fsp3) is 0.714. The Labute approximate surface area is 127 Å². The number of halogens is 1. The minimum Gasteiger partial charge on any atom is -0.369 e. The summed E-state index contributed by atoms with van der Waals surface area (Å²) in [6.45, 7) is 3.20. The van der Waals surface area contributed by atoms with Gasteiger partial charge in [-0.05, 0) is 54.1 Å². The maximum absolute atomic E-state index is 11.9. The van der Waals surface area contributed by atoms with Gasteiger partial charge in [0.25, 0.3) is 5.56 Å². The van der Waals surface area contributed by atoms with Gasteiger partial charge in [-0.2, -0.15) is 5.10 Å². The first-order valence-electron chi connectivity index (χ1n) is 7.37. The Morgan fingerprint density at radius 3 is 2.75 bits per heavy atom. The van der Waals surface area contributed by atoms with Crippen molar-refractivity contribution in [2.75, 3.05) is 24.5 Å². The van der Waals surface area contributed by atoms with E-state index in [9.17, 15) is 4.79 Å². The van der Waals surface area contributed by atoms with Crippen molar-refractivity contribution in [2.24, 2.45) is 13.0 Å². The van der Waals surface area contributed by atoms with Crippen LogP contribution in [0.5, 0.6) is 0 Å². The smallest absolute Gasteiger partial charge is 0.282 e. The third-order valence-corrected chi connectivity index (χ3v) is 5.35. The van der Waals surface area contributed by atoms with E-state index in [4.69, 9.17) is 0 Å². The molecule has 1 unspecified atom stereocenters. The first-order valence-corrected chi connectivity index (χ1v) is 8.16. The van der Waals surface area contributed by atoms with E-state index in [1.807, 2.05) is 0 Å². The minimum absolute atomic E-state index is 0.0675. The Bertz CT molecular complexity index is 530. The van der Waals surface area contributed by atoms with Crippen LogP contribution >= 0.6 is 15.9 Å². The highest BCUT2D eigenvalue weighted by atomic mass is 79.9. The summed E-state index contributed by atoms with van der Waals surface area (Å²) in [7, 11) is 1.68. The number of nitrogens with one attached hydrogen (secondary N) is 1. The van der Waals surface area contributed by atoms with Gasteiger partial charge >= 0.3 is 0 Å². The summed E-state index contributed by atoms with van der Waals surface area (Å²) in [6, 6.07) is 0.711. The molecular formula is C14H21BrN4O. The second-order valence-corrected chi connectivity index (χ2v) is 6.59. The van der Waals surface area contributed by atoms with Crippen LogP contribution in [0, 0.1) is 5.92 Å². The third kappa shape index (κ3) is 2.63. The maximum Gasteiger partial charge on any atom is 0.282 e. The van der Waals surface area contributed by atoms with Gasteiger partial charge in [-0.25, -0.2) is 4.68 Å². The highest BCUT2D eigenvalue weighted by molar-refractivity contribution is 9.10. The van der Waals surface area contributed by atoms with Crippen molar-refractivity contribution in [1.29, 1.82) is 0 Å². The molecule has 3 rings (SSSR count). The number of rotatable bonds is 2. The van der Waals surface area contributed by atoms with E-state index in [1.54, 1.807) is 13.2 Å². The van der Waals surface area contributed by atoms with Crippen molar-refractivity contribution in [1.82, 2.24) is 15.1 Å². The summed E-state index contributed by atoms with van der Waals surface area (Å²) < 4.78 is 2.00. The summed E-state index contributed by atoms with van der Waals surface area (Å²) in [5.74, 6) is 0.784. The monoisotopic (exact) mass is 340 g/mol. The number of aromatic nitrogens is 2. The van der Waals surface area contributed by atoms with Crippen LogP contribution in [0.1, 0.15) is 25.7 Å². The lowest BCUT2D eigenvalue weighted by molar-refractivity contribution is 0.319. The van der Waals surface area contributed by atoms with Crippen molar-refractivity contribution in [3.8, 4) is 0 Å². The predicted octanol–water partition coefficient (Wildman–Crippen LogP) is 1.51. The van der Waals surface area contributed by atoms with Crippen LogP contribution in [0.25, 0.3) is 0 Å². The zero-order chi connectivity index (χ0) is 14.1. The Morgan fingerprint density at radius 1 is 1.35 bits per heavy atom. The Morgan fingerprint density at radius 2 is 2.10 bits per heavy atom. The molecule has 1 aromatic heterocycles. The first kappa shape index (κ1) is 14.1. The van der Waals surface area contributed by atoms with Gasteiger partial charge in [0.2, 0.25) is 0 Å². The zero-order valence-corrected chi connectivity index (χ0v) is 13.4. The minimum atomic E-state index is -0.0675. The molecule has 0 amide bonds. The number of anilines is 1. The van der Waals surface area contributed by atoms with Gasteiger partial charge in [0.15, 0.2) is 0 Å². The van der Waals surface area contributed by atoms with E-state index in [0.717, 1.165) is 24.7 Å². The molecule has 0 radical (unpaired) electrons. The summed E-state index contributed by atoms with van der Waals surface area (Å²) in [4.78, 5) is 14.2. The summed E-state index contributed by atoms with van der Waals surface area (Å²) >= 11 is 3.42. The van der Waals surface area contributed by atoms with Gasteiger partial charge in [-0.3, -0.25) is 4.79 Å². The van der Waals surface area contributed by atoms with Crippen LogP contribution < -0.4 is 15.8 Å². The third-order valence-electron chi connectivity index (χ3n) is 4.61. The van der Waals surface area contributed by atoms with E-state index < -0.39 is 0 Å². The molecular weight excluding hydrogens is 320 g/mol. The van der Waals surface area contributed by atoms with Crippen LogP contribution in [0.3, 0.4) is 0 Å². The van der Waals surface area contributed by atoms with Gasteiger partial charge in [0.05, 0.1) is 11.9 Å². The predicted molar refractivity (Wildman–Crippen MR) is 83.1 cm³/mol. The molecule has 0 aromatic carbocycles. The SMILES string of the molecule is Cn1ncc(N2CCC(C3CCCN3)CC2)c(Br)c1=O. The molecule has 6 heteroatoms. The fourth-order valence-corrected chi connectivity index (χ4v) is 3.99. The van der Waals surface area contributed by atoms with E-state index in [-0.39, 0.29) is 5.56 Å². The standard InChI is InChI=1S/C14H21BrN4O/c1-18-14(20)13(15)12(9-17-18)19-7-4-10(5-8-19)11-3-2-6-16-11/h9-11,16H,2-8H2,1H3. The highest BCUT2D eigenvalue weighted by Gasteiger charge is 2.29. The fourth-order valence-electron chi connectivity index (χ4n) is 3.38. The lowest BCUT2D eigenvalue weighted by atomic mass is 9.88. The summed E-state index contributed by atoms with van der Waals surface area (Å²) in [5, 5.41) is 7.75. The average molecular weight is 341 g/mol. The number of nitrogens with zero attached hydrogens (tertiary/aromatic N) is 3. The van der Waals surface area contributed by atoms with E-state index >= 15 is 0 Å². The lowest BCUT2D eigenvalue weighted by Crippen LogP contribution is -2.41. The quantitative estimate of drug-likeness (QED) is 0.886. The van der Waals surface area contributed by atoms with E-state index in [2.05, 4.69) is 31.2 Å². The molecule has 2 saturated heterocycles. The summed E-state index contributed by atoms with van der Waals surface area (Å²) in [6.07, 6.45) is 6.81. The Balaban J connectivity index is 1.69. The van der Waals surface area contributed by atoms with Crippen LogP contribution in [0.4, 0.5) is 5.69 Å². The lowest BCUT2D eigenvalue weighted by Gasteiger charge is -2.36. The molecule has 0 aliphatic carbocycles. The molecule has 0 bridgehead atoms. The number of hydrogen-bond acceptors (Lipinski definition) is 4. The summed E-state index contributed by atoms with van der Waals surface area (Å²) in [5.41, 5.74) is 0.869. The van der Waals surface area contributed by atoms with Crippen molar-refractivity contribution < 1.29 is 0 Å². The van der Waals surface area contributed by atoms with Crippen molar-refractivity contribution in [2.45, 2.75) is 31.7 Å². The number of hydrogen-bond donors (Lipinski definition) is 1. The first-order chi connectivity index (χ1) is 9.66. The normalized spacial score (nSPS) is 24.3. The molecule has 2 aliphatic heterocycles. The number of aryl methyl sites for hydroxylation is 1. The van der Waals surface area contributed by atoms with Gasteiger partial charge in [-0.15, -0.1) is 0 Å². The van der Waals surface area contributed by atoms with Gasteiger partial charge in [-0.1, -0.05) is 0 Å². The van der Waals surface area contributed by atoms with Crippen LogP contribution in [-0.4, -0.2) is 35.5 Å². The topological polar surface area (TPSA) is 50.2 Å². The molecule has 1 aromatic rings. The Hall–Kier alpha value is -0.880. The highest BCUT2D eigenvalue weighted by Crippen LogP contribution is 2.30. The molecule has 20 heavy (non-hydrogen) atoms. The molecule has 0 spiro atoms. The van der Waals surface area contributed by atoms with Gasteiger partial charge in [0, 0.05) is 26.2 Å². The van der Waals surface area contributed by atoms with Gasteiger partial charge in [0.1, 0.15) is 4.47 Å². The molecule has 110 valence electrons. The average Bonchev–Trinajstić information content (AvgIpc) is 3.00. The molecule has 3 heterocycles. The maximum atomic E-state index is 11.9. The Kier molecular flexibility index (Phi) is 4.12. The van der Waals surface area contributed by atoms with E-state index in [0.29, 0.717) is 10.5 Å². The van der Waals surface area contributed by atoms with Crippen molar-refractivity contribution >= 4 is 21.6 Å². The van der Waals surface area contributed by atoms with Crippen molar-refractivity contribution in [3.63, 3.8) is 0 Å². The largest absolute Gasteiger partial charge is 0.369 e. The van der Waals surface area contributed by atoms with Gasteiger partial charge < -0.3 is 10.2 Å². The van der Waals surface area contributed by atoms with Crippen LogP contribution in [-0.2, 0) is 7.05 Å². The molecule has 2 aliphatic rings. The zero-order valence-electron chi connectivity index (χ0n) is 11.8. The van der Waals surface area contributed by atoms with Crippen LogP contribution in [0.2, 0.25) is 0 Å². The second-order valence-electron chi connectivity index (χ2n) is 5.80. The van der Waals surface area contributed by atoms with Crippen molar-refractivity contribution in [3.05, 3.63) is 21.0 Å². The molecule has 0 saturated carbocycles. The molecule has 1 N–H and O–H groups in total.